The number of urea groups is 1. The van der Waals surface area contributed by atoms with Crippen molar-refractivity contribution in [2.45, 2.75) is 25.9 Å². The maximum Gasteiger partial charge on any atom is 0.326 e. The predicted molar refractivity (Wildman–Crippen MR) is 160 cm³/mol. The Labute approximate surface area is 240 Å². The van der Waals surface area contributed by atoms with Crippen molar-refractivity contribution >= 4 is 33.1 Å². The molecule has 11 heteroatoms. The van der Waals surface area contributed by atoms with E-state index < -0.39 is 10.0 Å². The van der Waals surface area contributed by atoms with Crippen LogP contribution in [0.1, 0.15) is 17.7 Å². The van der Waals surface area contributed by atoms with E-state index in [0.29, 0.717) is 29.5 Å². The number of hydrogen-bond donors (Lipinski definition) is 2. The molecule has 1 aliphatic heterocycles. The van der Waals surface area contributed by atoms with E-state index in [2.05, 4.69) is 24.9 Å². The number of hydrogen-bond acceptors (Lipinski definition) is 7. The molecular weight excluding hydrogens is 540 g/mol. The molecule has 4 aromatic rings. The number of pyridine rings is 2. The summed E-state index contributed by atoms with van der Waals surface area (Å²) < 4.78 is 31.0. The summed E-state index contributed by atoms with van der Waals surface area (Å²) in [5.74, 6) is 0.988. The summed E-state index contributed by atoms with van der Waals surface area (Å²) in [6.45, 7) is 4.18. The molecule has 1 saturated heterocycles. The van der Waals surface area contributed by atoms with Gasteiger partial charge in [-0.05, 0) is 67.4 Å². The first-order valence-electron chi connectivity index (χ1n) is 13.2. The molecule has 0 aliphatic carbocycles. The second-order valence-electron chi connectivity index (χ2n) is 10.0. The molecule has 1 atom stereocenters. The monoisotopic (exact) mass is 572 g/mol. The van der Waals surface area contributed by atoms with E-state index in [0.717, 1.165) is 42.7 Å². The summed E-state index contributed by atoms with van der Waals surface area (Å²) in [7, 11) is -3.34. The summed E-state index contributed by atoms with van der Waals surface area (Å²) in [5, 5.41) is 3.00. The van der Waals surface area contributed by atoms with E-state index in [1.54, 1.807) is 36.7 Å². The van der Waals surface area contributed by atoms with Crippen molar-refractivity contribution in [3.05, 3.63) is 103 Å². The van der Waals surface area contributed by atoms with Gasteiger partial charge in [-0.3, -0.25) is 19.5 Å². The highest BCUT2D eigenvalue weighted by atomic mass is 32.2. The second-order valence-corrected chi connectivity index (χ2v) is 11.8. The fourth-order valence-electron chi connectivity index (χ4n) is 4.72. The van der Waals surface area contributed by atoms with Crippen LogP contribution in [-0.4, -0.2) is 54.7 Å². The van der Waals surface area contributed by atoms with Crippen LogP contribution in [0.4, 0.5) is 21.9 Å². The zero-order chi connectivity index (χ0) is 28.8. The normalized spacial score (nSPS) is 15.3. The molecule has 2 amide bonds. The quantitative estimate of drug-likeness (QED) is 0.281. The van der Waals surface area contributed by atoms with E-state index in [4.69, 9.17) is 4.74 Å². The SMILES string of the molecule is Cc1ccc(NC(=O)N(c2ccccc2)[C@@H]2CCN(Cc3ccc(Oc4ccc(NS(C)(=O)=O)cc4)nc3)C2)cn1. The number of aromatic nitrogens is 2. The van der Waals surface area contributed by atoms with Crippen molar-refractivity contribution in [1.82, 2.24) is 14.9 Å². The van der Waals surface area contributed by atoms with Gasteiger partial charge < -0.3 is 10.1 Å². The fraction of sp³-hybridized carbons (Fsp3) is 0.233. The Morgan fingerprint density at radius 2 is 1.73 bits per heavy atom. The Hall–Kier alpha value is -4.48. The summed E-state index contributed by atoms with van der Waals surface area (Å²) in [4.78, 5) is 26.3. The van der Waals surface area contributed by atoms with Gasteiger partial charge in [0.25, 0.3) is 0 Å². The van der Waals surface area contributed by atoms with Gasteiger partial charge in [0, 0.05) is 49.0 Å². The average Bonchev–Trinajstić information content (AvgIpc) is 3.40. The van der Waals surface area contributed by atoms with Crippen molar-refractivity contribution in [3.8, 4) is 11.6 Å². The molecule has 5 rings (SSSR count). The van der Waals surface area contributed by atoms with Crippen LogP contribution < -0.4 is 19.7 Å². The van der Waals surface area contributed by atoms with Crippen LogP contribution >= 0.6 is 0 Å². The maximum absolute atomic E-state index is 13.4. The molecule has 2 aromatic carbocycles. The average molecular weight is 573 g/mol. The van der Waals surface area contributed by atoms with Gasteiger partial charge in [0.2, 0.25) is 15.9 Å². The first kappa shape index (κ1) is 28.1. The molecule has 0 spiro atoms. The standard InChI is InChI=1S/C30H32N6O4S/c1-22-8-10-25(19-31-22)33-30(37)36(26-6-4-3-5-7-26)27-16-17-35(21-27)20-23-9-15-29(32-18-23)40-28-13-11-24(12-14-28)34-41(2,38)39/h3-15,18-19,27,34H,16-17,20-21H2,1-2H3,(H,33,37)/t27-/m1/s1. The van der Waals surface area contributed by atoms with Crippen LogP contribution in [0, 0.1) is 6.92 Å². The highest BCUT2D eigenvalue weighted by Gasteiger charge is 2.32. The van der Waals surface area contributed by atoms with Crippen LogP contribution in [0.15, 0.2) is 91.3 Å². The molecule has 41 heavy (non-hydrogen) atoms. The highest BCUT2D eigenvalue weighted by molar-refractivity contribution is 7.92. The van der Waals surface area contributed by atoms with Crippen molar-refractivity contribution in [1.29, 1.82) is 0 Å². The number of nitrogens with zero attached hydrogens (tertiary/aromatic N) is 4. The molecule has 212 valence electrons. The van der Waals surface area contributed by atoms with Crippen molar-refractivity contribution in [2.24, 2.45) is 0 Å². The lowest BCUT2D eigenvalue weighted by Gasteiger charge is -2.29. The van der Waals surface area contributed by atoms with Crippen molar-refractivity contribution < 1.29 is 17.9 Å². The predicted octanol–water partition coefficient (Wildman–Crippen LogP) is 5.26. The number of para-hydroxylation sites is 1. The first-order valence-corrected chi connectivity index (χ1v) is 15.1. The van der Waals surface area contributed by atoms with Gasteiger partial charge in [-0.15, -0.1) is 0 Å². The van der Waals surface area contributed by atoms with Crippen LogP contribution in [-0.2, 0) is 16.6 Å². The fourth-order valence-corrected chi connectivity index (χ4v) is 5.29. The van der Waals surface area contributed by atoms with E-state index in [1.807, 2.05) is 66.4 Å². The van der Waals surface area contributed by atoms with E-state index in [1.165, 1.54) is 0 Å². The number of aryl methyl sites for hydroxylation is 1. The zero-order valence-corrected chi connectivity index (χ0v) is 23.7. The Bertz CT molecular complexity index is 1560. The zero-order valence-electron chi connectivity index (χ0n) is 22.9. The minimum absolute atomic E-state index is 0.00605. The number of carbonyl (C=O) groups is 1. The van der Waals surface area contributed by atoms with Gasteiger partial charge in [0.15, 0.2) is 0 Å². The van der Waals surface area contributed by atoms with Gasteiger partial charge >= 0.3 is 6.03 Å². The minimum Gasteiger partial charge on any atom is -0.439 e. The van der Waals surface area contributed by atoms with Crippen molar-refractivity contribution in [2.75, 3.05) is 34.3 Å². The molecule has 0 unspecified atom stereocenters. The van der Waals surface area contributed by atoms with Gasteiger partial charge in [0.05, 0.1) is 24.2 Å². The molecule has 10 nitrogen and oxygen atoms in total. The molecule has 2 N–H and O–H groups in total. The summed E-state index contributed by atoms with van der Waals surface area (Å²) in [6.07, 6.45) is 5.40. The number of sulfonamides is 1. The number of nitrogens with one attached hydrogen (secondary N) is 2. The number of carbonyl (C=O) groups excluding carboxylic acids is 1. The van der Waals surface area contributed by atoms with E-state index in [-0.39, 0.29) is 12.1 Å². The number of amides is 2. The van der Waals surface area contributed by atoms with E-state index >= 15 is 0 Å². The number of likely N-dealkylation sites (tertiary alicyclic amines) is 1. The molecule has 0 saturated carbocycles. The van der Waals surface area contributed by atoms with Crippen molar-refractivity contribution in [3.63, 3.8) is 0 Å². The summed E-state index contributed by atoms with van der Waals surface area (Å²) >= 11 is 0. The lowest BCUT2D eigenvalue weighted by molar-refractivity contribution is 0.254. The van der Waals surface area contributed by atoms with Crippen LogP contribution in [0.5, 0.6) is 11.6 Å². The molecule has 0 bridgehead atoms. The highest BCUT2D eigenvalue weighted by Crippen LogP contribution is 2.26. The van der Waals surface area contributed by atoms with Gasteiger partial charge in [-0.25, -0.2) is 18.2 Å². The number of rotatable bonds is 9. The lowest BCUT2D eigenvalue weighted by atomic mass is 10.2. The molecule has 3 heterocycles. The van der Waals surface area contributed by atoms with Gasteiger partial charge in [-0.1, -0.05) is 24.3 Å². The lowest BCUT2D eigenvalue weighted by Crippen LogP contribution is -2.44. The topological polar surface area (TPSA) is 117 Å². The minimum atomic E-state index is -3.34. The number of benzene rings is 2. The number of ether oxygens (including phenoxy) is 1. The first-order chi connectivity index (χ1) is 19.7. The Morgan fingerprint density at radius 3 is 2.39 bits per heavy atom. The van der Waals surface area contributed by atoms with E-state index in [9.17, 15) is 13.2 Å². The van der Waals surface area contributed by atoms with Crippen LogP contribution in [0.25, 0.3) is 0 Å². The smallest absolute Gasteiger partial charge is 0.326 e. The Morgan fingerprint density at radius 1 is 0.976 bits per heavy atom. The third kappa shape index (κ3) is 7.80. The Kier molecular flexibility index (Phi) is 8.46. The third-order valence-electron chi connectivity index (χ3n) is 6.61. The number of anilines is 3. The van der Waals surface area contributed by atoms with Gasteiger partial charge in [-0.2, -0.15) is 0 Å². The molecule has 1 fully saturated rings. The summed E-state index contributed by atoms with van der Waals surface area (Å²) in [6, 6.07) is 23.7. The molecule has 1 aliphatic rings. The summed E-state index contributed by atoms with van der Waals surface area (Å²) in [5.41, 5.74) is 3.89. The van der Waals surface area contributed by atoms with Gasteiger partial charge in [0.1, 0.15) is 5.75 Å². The Balaban J connectivity index is 1.20. The third-order valence-corrected chi connectivity index (χ3v) is 7.22. The second kappa shape index (κ2) is 12.4. The molecular formula is C30H32N6O4S. The largest absolute Gasteiger partial charge is 0.439 e. The van der Waals surface area contributed by atoms with Crippen LogP contribution in [0.2, 0.25) is 0 Å². The molecule has 0 radical (unpaired) electrons. The maximum atomic E-state index is 13.4. The van der Waals surface area contributed by atoms with Crippen LogP contribution in [0.3, 0.4) is 0 Å². The molecule has 2 aromatic heterocycles.